The van der Waals surface area contributed by atoms with Crippen molar-refractivity contribution in [1.29, 1.82) is 0 Å². The Morgan fingerprint density at radius 1 is 1.20 bits per heavy atom. The Morgan fingerprint density at radius 2 is 1.80 bits per heavy atom. The van der Waals surface area contributed by atoms with Crippen molar-refractivity contribution < 1.29 is 17.7 Å². The van der Waals surface area contributed by atoms with Gasteiger partial charge in [0, 0.05) is 39.1 Å². The minimum Gasteiger partial charge on any atom is -0.362 e. The molecule has 1 heterocycles. The smallest absolute Gasteiger partial charge is 0.243 e. The van der Waals surface area contributed by atoms with E-state index in [0.717, 1.165) is 31.6 Å². The highest BCUT2D eigenvalue weighted by atomic mass is 32.2. The van der Waals surface area contributed by atoms with Crippen molar-refractivity contribution in [3.05, 3.63) is 30.1 Å². The highest BCUT2D eigenvalue weighted by Crippen LogP contribution is 2.18. The van der Waals surface area contributed by atoms with Gasteiger partial charge in [-0.25, -0.2) is 12.8 Å². The maximum atomic E-state index is 13.0. The molecule has 1 fully saturated rings. The van der Waals surface area contributed by atoms with E-state index >= 15 is 0 Å². The Kier molecular flexibility index (Phi) is 7.12. The van der Waals surface area contributed by atoms with Gasteiger partial charge in [0.05, 0.1) is 25.5 Å². The Balaban J connectivity index is 1.84. The Labute approximate surface area is 154 Å². The number of nitrogens with one attached hydrogen (secondary N) is 2. The molecule has 6 nitrogen and oxygen atoms in total. The number of nitrogens with zero attached hydrogens (tertiary/aromatic N) is 2. The molecule has 0 radical (unpaired) electrons. The maximum absolute atomic E-state index is 13.0. The zero-order valence-corrected chi connectivity index (χ0v) is 16.3. The van der Waals surface area contributed by atoms with E-state index in [4.69, 9.17) is 12.2 Å². The molecule has 0 spiro atoms. The molecule has 0 atom stereocenters. The molecule has 140 valence electrons. The van der Waals surface area contributed by atoms with Crippen molar-refractivity contribution in [3.63, 3.8) is 0 Å². The van der Waals surface area contributed by atoms with Crippen LogP contribution < -0.4 is 10.2 Å². The predicted molar refractivity (Wildman–Crippen MR) is 99.6 cm³/mol. The first kappa shape index (κ1) is 20.0. The molecular formula is C16H26FN4O2S2+. The number of sulfonamides is 1. The van der Waals surface area contributed by atoms with Crippen LogP contribution in [0, 0.1) is 5.82 Å². The molecule has 0 aliphatic carbocycles. The molecule has 1 aliphatic heterocycles. The minimum atomic E-state index is -3.58. The van der Waals surface area contributed by atoms with Crippen LogP contribution in [-0.4, -0.2) is 76.1 Å². The molecule has 0 aromatic heterocycles. The normalized spacial score (nSPS) is 16.2. The summed E-state index contributed by atoms with van der Waals surface area (Å²) >= 11 is 5.39. The fourth-order valence-electron chi connectivity index (χ4n) is 2.64. The summed E-state index contributed by atoms with van der Waals surface area (Å²) in [7, 11) is 0.636. The number of piperazine rings is 1. The van der Waals surface area contributed by atoms with Gasteiger partial charge >= 0.3 is 0 Å². The fourth-order valence-corrected chi connectivity index (χ4v) is 4.34. The molecule has 2 N–H and O–H groups in total. The lowest BCUT2D eigenvalue weighted by molar-refractivity contribution is -0.858. The van der Waals surface area contributed by atoms with Gasteiger partial charge in [-0.3, -0.25) is 0 Å². The summed E-state index contributed by atoms with van der Waals surface area (Å²) in [5.74, 6) is -0.448. The van der Waals surface area contributed by atoms with Crippen LogP contribution in [0.25, 0.3) is 0 Å². The standard InChI is InChI=1S/C16H25FN4O2S2/c1-19(2)9-3-8-18-16(24)20-10-12-21(13-11-20)25(22,23)15-6-4-14(17)5-7-15/h4-7H,3,8-13H2,1-2H3,(H,18,24)/p+1. The summed E-state index contributed by atoms with van der Waals surface area (Å²) in [6.45, 7) is 3.71. The number of halogens is 1. The van der Waals surface area contributed by atoms with Gasteiger partial charge in [0.2, 0.25) is 10.0 Å². The topological polar surface area (TPSA) is 57.1 Å². The van der Waals surface area contributed by atoms with E-state index in [1.807, 2.05) is 4.90 Å². The third kappa shape index (κ3) is 5.60. The van der Waals surface area contributed by atoms with Crippen molar-refractivity contribution in [3.8, 4) is 0 Å². The van der Waals surface area contributed by atoms with Crippen molar-refractivity contribution in [2.75, 3.05) is 53.4 Å². The SMILES string of the molecule is C[NH+](C)CCCNC(=S)N1CCN(S(=O)(=O)c2ccc(F)cc2)CC1. The summed E-state index contributed by atoms with van der Waals surface area (Å²) in [4.78, 5) is 3.51. The summed E-state index contributed by atoms with van der Waals surface area (Å²) < 4.78 is 39.6. The molecule has 0 bridgehead atoms. The number of hydrogen-bond acceptors (Lipinski definition) is 3. The van der Waals surface area contributed by atoms with Gasteiger partial charge in [0.1, 0.15) is 5.82 Å². The van der Waals surface area contributed by atoms with Crippen LogP contribution in [-0.2, 0) is 10.0 Å². The molecule has 1 saturated heterocycles. The van der Waals surface area contributed by atoms with Crippen molar-refractivity contribution in [2.24, 2.45) is 0 Å². The Bertz CT molecular complexity index is 672. The minimum absolute atomic E-state index is 0.120. The van der Waals surface area contributed by atoms with Crippen molar-refractivity contribution in [2.45, 2.75) is 11.3 Å². The van der Waals surface area contributed by atoms with Gasteiger partial charge in [-0.05, 0) is 36.5 Å². The number of rotatable bonds is 6. The van der Waals surface area contributed by atoms with Gasteiger partial charge in [0.15, 0.2) is 5.11 Å². The highest BCUT2D eigenvalue weighted by Gasteiger charge is 2.29. The summed E-state index contributed by atoms with van der Waals surface area (Å²) in [5.41, 5.74) is 0. The van der Waals surface area contributed by atoms with Gasteiger partial charge in [-0.1, -0.05) is 0 Å². The summed E-state index contributed by atoms with van der Waals surface area (Å²) in [6, 6.07) is 4.93. The molecule has 0 saturated carbocycles. The van der Waals surface area contributed by atoms with E-state index in [9.17, 15) is 12.8 Å². The van der Waals surface area contributed by atoms with E-state index in [0.29, 0.717) is 31.3 Å². The van der Waals surface area contributed by atoms with Gasteiger partial charge in [0.25, 0.3) is 0 Å². The van der Waals surface area contributed by atoms with Gasteiger partial charge in [-0.15, -0.1) is 0 Å². The monoisotopic (exact) mass is 389 g/mol. The fraction of sp³-hybridized carbons (Fsp3) is 0.562. The molecule has 0 unspecified atom stereocenters. The average molecular weight is 390 g/mol. The molecule has 1 aromatic rings. The first-order valence-corrected chi connectivity index (χ1v) is 10.2. The molecule has 2 rings (SSSR count). The van der Waals surface area contributed by atoms with Crippen molar-refractivity contribution >= 4 is 27.4 Å². The van der Waals surface area contributed by atoms with E-state index < -0.39 is 15.8 Å². The zero-order chi connectivity index (χ0) is 18.4. The maximum Gasteiger partial charge on any atom is 0.243 e. The van der Waals surface area contributed by atoms with Crippen LogP contribution in [0.15, 0.2) is 29.2 Å². The average Bonchev–Trinajstić information content (AvgIpc) is 2.59. The van der Waals surface area contributed by atoms with Crippen LogP contribution in [0.3, 0.4) is 0 Å². The molecule has 9 heteroatoms. The molecule has 1 aromatic carbocycles. The third-order valence-corrected chi connectivity index (χ3v) is 6.42. The van der Waals surface area contributed by atoms with E-state index in [2.05, 4.69) is 19.4 Å². The number of thiocarbonyl (C=S) groups is 1. The van der Waals surface area contributed by atoms with Gasteiger partial charge < -0.3 is 15.1 Å². The van der Waals surface area contributed by atoms with Crippen LogP contribution >= 0.6 is 12.2 Å². The number of quaternary nitrogens is 1. The molecule has 1 aliphatic rings. The number of hydrogen-bond donors (Lipinski definition) is 2. The molecular weight excluding hydrogens is 363 g/mol. The second kappa shape index (κ2) is 8.88. The zero-order valence-electron chi connectivity index (χ0n) is 14.7. The lowest BCUT2D eigenvalue weighted by Crippen LogP contribution is -3.05. The van der Waals surface area contributed by atoms with Gasteiger partial charge in [-0.2, -0.15) is 4.31 Å². The summed E-state index contributed by atoms with van der Waals surface area (Å²) in [6.07, 6.45) is 1.03. The van der Waals surface area contributed by atoms with Crippen LogP contribution in [0.5, 0.6) is 0 Å². The van der Waals surface area contributed by atoms with Crippen LogP contribution in [0.1, 0.15) is 6.42 Å². The van der Waals surface area contributed by atoms with E-state index in [-0.39, 0.29) is 4.90 Å². The first-order chi connectivity index (χ1) is 11.8. The Hall–Kier alpha value is -1.29. The van der Waals surface area contributed by atoms with E-state index in [1.54, 1.807) is 0 Å². The second-order valence-corrected chi connectivity index (χ2v) is 8.71. The van der Waals surface area contributed by atoms with Crippen molar-refractivity contribution in [1.82, 2.24) is 14.5 Å². The quantitative estimate of drug-likeness (QED) is 0.510. The lowest BCUT2D eigenvalue weighted by atomic mass is 10.3. The van der Waals surface area contributed by atoms with E-state index in [1.165, 1.54) is 21.3 Å². The second-order valence-electron chi connectivity index (χ2n) is 6.39. The molecule has 0 amide bonds. The van der Waals surface area contributed by atoms with Crippen LogP contribution in [0.4, 0.5) is 4.39 Å². The first-order valence-electron chi connectivity index (χ1n) is 8.38. The van der Waals surface area contributed by atoms with Crippen LogP contribution in [0.2, 0.25) is 0 Å². The largest absolute Gasteiger partial charge is 0.362 e. The predicted octanol–water partition coefficient (Wildman–Crippen LogP) is -0.459. The highest BCUT2D eigenvalue weighted by molar-refractivity contribution is 7.89. The number of benzene rings is 1. The Morgan fingerprint density at radius 3 is 2.36 bits per heavy atom. The summed E-state index contributed by atoms with van der Waals surface area (Å²) in [5, 5.41) is 3.91. The lowest BCUT2D eigenvalue weighted by Gasteiger charge is -2.35. The molecule has 25 heavy (non-hydrogen) atoms. The third-order valence-electron chi connectivity index (χ3n) is 4.11.